The smallest absolute Gasteiger partial charge is 0.340 e. The molecule has 2 aliphatic rings. The highest BCUT2D eigenvalue weighted by atomic mass is 16.7. The first-order chi connectivity index (χ1) is 22.8. The maximum absolute atomic E-state index is 13.9. The van der Waals surface area contributed by atoms with E-state index in [2.05, 4.69) is 4.98 Å². The third kappa shape index (κ3) is 9.05. The second kappa shape index (κ2) is 16.7. The van der Waals surface area contributed by atoms with Crippen molar-refractivity contribution in [1.82, 2.24) is 9.88 Å². The molecule has 0 spiro atoms. The van der Waals surface area contributed by atoms with Crippen LogP contribution in [-0.4, -0.2) is 124 Å². The van der Waals surface area contributed by atoms with Gasteiger partial charge < -0.3 is 43.9 Å². The van der Waals surface area contributed by atoms with Crippen molar-refractivity contribution >= 4 is 17.7 Å². The Balaban J connectivity index is 2.21. The first-order valence-corrected chi connectivity index (χ1v) is 17.3. The summed E-state index contributed by atoms with van der Waals surface area (Å²) in [6, 6.07) is 2.82. The molecule has 0 bridgehead atoms. The van der Waals surface area contributed by atoms with E-state index in [-0.39, 0.29) is 36.3 Å². The molecule has 14 atom stereocenters. The number of aliphatic hydroxyl groups excluding tert-OH is 2. The van der Waals surface area contributed by atoms with E-state index < -0.39 is 83.6 Å². The Labute approximate surface area is 290 Å². The summed E-state index contributed by atoms with van der Waals surface area (Å²) in [4.78, 5) is 47.3. The number of ether oxygens (including phenoxy) is 5. The van der Waals surface area contributed by atoms with Gasteiger partial charge in [-0.25, -0.2) is 4.79 Å². The van der Waals surface area contributed by atoms with Crippen LogP contribution in [0.2, 0.25) is 0 Å². The van der Waals surface area contributed by atoms with Gasteiger partial charge in [0.2, 0.25) is 0 Å². The number of carbonyl (C=O) groups is 3. The van der Waals surface area contributed by atoms with E-state index in [0.29, 0.717) is 6.42 Å². The maximum Gasteiger partial charge on any atom is 0.340 e. The van der Waals surface area contributed by atoms with Crippen LogP contribution in [0.25, 0.3) is 0 Å². The number of likely N-dealkylation sites (N-methyl/N-ethyl adjacent to an activating group) is 1. The van der Waals surface area contributed by atoms with Gasteiger partial charge in [-0.05, 0) is 73.2 Å². The van der Waals surface area contributed by atoms with Gasteiger partial charge in [-0.2, -0.15) is 0 Å². The zero-order valence-corrected chi connectivity index (χ0v) is 30.9. The van der Waals surface area contributed by atoms with Gasteiger partial charge in [0.1, 0.15) is 29.7 Å². The monoisotopic (exact) mass is 694 g/mol. The number of carbonyl (C=O) groups excluding carboxylic acids is 3. The molecule has 2 saturated heterocycles. The second-order valence-electron chi connectivity index (χ2n) is 14.7. The van der Waals surface area contributed by atoms with Crippen LogP contribution in [-0.2, 0) is 33.3 Å². The van der Waals surface area contributed by atoms with Crippen LogP contribution in [0.5, 0.6) is 0 Å². The molecular weight excluding hydrogens is 636 g/mol. The van der Waals surface area contributed by atoms with Gasteiger partial charge in [-0.3, -0.25) is 14.6 Å². The van der Waals surface area contributed by atoms with E-state index in [1.807, 2.05) is 25.9 Å². The first kappa shape index (κ1) is 40.9. The van der Waals surface area contributed by atoms with E-state index >= 15 is 0 Å². The van der Waals surface area contributed by atoms with Gasteiger partial charge in [0, 0.05) is 43.3 Å². The van der Waals surface area contributed by atoms with Gasteiger partial charge in [0.15, 0.2) is 6.29 Å². The molecule has 278 valence electrons. The molecule has 13 nitrogen and oxygen atoms in total. The molecule has 3 rings (SSSR count). The minimum absolute atomic E-state index is 0.0747. The lowest BCUT2D eigenvalue weighted by atomic mass is 9.74. The van der Waals surface area contributed by atoms with Crippen LogP contribution in [0.3, 0.4) is 0 Å². The van der Waals surface area contributed by atoms with Crippen LogP contribution in [0, 0.1) is 23.7 Å². The number of rotatable bonds is 7. The first-order valence-electron chi connectivity index (χ1n) is 17.3. The fourth-order valence-electron chi connectivity index (χ4n) is 7.46. The summed E-state index contributed by atoms with van der Waals surface area (Å²) in [6.45, 7) is 13.2. The third-order valence-corrected chi connectivity index (χ3v) is 10.6. The number of ketones is 1. The summed E-state index contributed by atoms with van der Waals surface area (Å²) in [5.74, 6) is -5.58. The fraction of sp³-hybridized carbons (Fsp3) is 0.778. The predicted octanol–water partition coefficient (Wildman–Crippen LogP) is 2.77. The average Bonchev–Trinajstić information content (AvgIpc) is 3.07. The highest BCUT2D eigenvalue weighted by molar-refractivity contribution is 5.89. The van der Waals surface area contributed by atoms with Crippen LogP contribution in [0.4, 0.5) is 0 Å². The van der Waals surface area contributed by atoms with Crippen molar-refractivity contribution in [3.05, 3.63) is 30.1 Å². The SMILES string of the molecule is CCC1OC(=O)[C@H](C)C(OC(=O)c2cccnc2)[C@H](C)[C@@H](O[C@@H]2O[C@H](C)C[C@H](N(C)C)[C@H]2O)[C@](C)(OC)C[C@@H](C)C(=O)[C@H](C)[C@@H](O)[C@]1(C)O. The lowest BCUT2D eigenvalue weighted by Gasteiger charge is -2.48. The summed E-state index contributed by atoms with van der Waals surface area (Å²) >= 11 is 0. The van der Waals surface area contributed by atoms with Crippen molar-refractivity contribution in [2.75, 3.05) is 21.2 Å². The van der Waals surface area contributed by atoms with Crippen LogP contribution in [0.15, 0.2) is 24.5 Å². The summed E-state index contributed by atoms with van der Waals surface area (Å²) in [6.07, 6.45) is -3.88. The van der Waals surface area contributed by atoms with Gasteiger partial charge in [-0.1, -0.05) is 27.7 Å². The van der Waals surface area contributed by atoms with E-state index in [0.717, 1.165) is 0 Å². The Hall–Kier alpha value is -2.52. The predicted molar refractivity (Wildman–Crippen MR) is 179 cm³/mol. The Morgan fingerprint density at radius 1 is 1.10 bits per heavy atom. The number of cyclic esters (lactones) is 1. The molecule has 2 aliphatic heterocycles. The lowest BCUT2D eigenvalue weighted by Crippen LogP contribution is -2.60. The summed E-state index contributed by atoms with van der Waals surface area (Å²) in [5.41, 5.74) is -3.13. The minimum Gasteiger partial charge on any atom is -0.459 e. The van der Waals surface area contributed by atoms with Gasteiger partial charge >= 0.3 is 11.9 Å². The second-order valence-corrected chi connectivity index (χ2v) is 14.7. The lowest BCUT2D eigenvalue weighted by molar-refractivity contribution is -0.301. The largest absolute Gasteiger partial charge is 0.459 e. The molecule has 0 saturated carbocycles. The van der Waals surface area contributed by atoms with Crippen molar-refractivity contribution < 1.29 is 53.4 Å². The fourth-order valence-corrected chi connectivity index (χ4v) is 7.46. The van der Waals surface area contributed by atoms with Gasteiger partial charge in [-0.15, -0.1) is 0 Å². The molecule has 0 amide bonds. The third-order valence-electron chi connectivity index (χ3n) is 10.6. The molecule has 0 aliphatic carbocycles. The number of nitrogens with zero attached hydrogens (tertiary/aromatic N) is 2. The van der Waals surface area contributed by atoms with Crippen molar-refractivity contribution in [3.8, 4) is 0 Å². The normalized spacial score (nSPS) is 41.5. The molecule has 0 radical (unpaired) electrons. The molecule has 3 heterocycles. The van der Waals surface area contributed by atoms with E-state index in [1.165, 1.54) is 39.4 Å². The topological polar surface area (TPSA) is 174 Å². The minimum atomic E-state index is -1.99. The number of Topliss-reactive ketones (excluding diaryl/α,β-unsaturated/α-hetero) is 1. The van der Waals surface area contributed by atoms with Crippen molar-refractivity contribution in [3.63, 3.8) is 0 Å². The number of esters is 2. The highest BCUT2D eigenvalue weighted by Gasteiger charge is 2.53. The standard InChI is InChI=1S/C36H58N2O11/c1-12-26-36(8,44)30(41)21(4)27(39)19(2)17-35(7,45-11)31(49-34-28(40)25(38(9)10)16-20(3)46-34)22(5)29(23(6)32(42)47-26)48-33(43)24-14-13-15-37-18-24/h13-15,18-23,25-26,28-31,34,40-41,44H,12,16-17H2,1-11H3/t19-,20-,21+,22+,23-,25+,26?,28-,29?,30-,31-,34+,35-,36-/m1/s1. The maximum atomic E-state index is 13.9. The van der Waals surface area contributed by atoms with Gasteiger partial charge in [0.05, 0.1) is 35.4 Å². The summed E-state index contributed by atoms with van der Waals surface area (Å²) in [5, 5.41) is 34.3. The van der Waals surface area contributed by atoms with Crippen molar-refractivity contribution in [1.29, 1.82) is 0 Å². The summed E-state index contributed by atoms with van der Waals surface area (Å²) < 4.78 is 31.0. The Morgan fingerprint density at radius 3 is 2.31 bits per heavy atom. The zero-order chi connectivity index (χ0) is 37.0. The zero-order valence-electron chi connectivity index (χ0n) is 30.9. The summed E-state index contributed by atoms with van der Waals surface area (Å²) in [7, 11) is 5.19. The molecule has 1 aromatic heterocycles. The van der Waals surface area contributed by atoms with Crippen molar-refractivity contribution in [2.24, 2.45) is 23.7 Å². The van der Waals surface area contributed by atoms with Crippen LogP contribution < -0.4 is 0 Å². The average molecular weight is 695 g/mol. The molecule has 1 aromatic rings. The van der Waals surface area contributed by atoms with E-state index in [1.54, 1.807) is 40.7 Å². The molecule has 2 unspecified atom stereocenters. The van der Waals surface area contributed by atoms with Crippen LogP contribution in [0.1, 0.15) is 85.0 Å². The van der Waals surface area contributed by atoms with E-state index in [4.69, 9.17) is 23.7 Å². The van der Waals surface area contributed by atoms with E-state index in [9.17, 15) is 29.7 Å². The molecule has 0 aromatic carbocycles. The molecule has 49 heavy (non-hydrogen) atoms. The number of aromatic nitrogens is 1. The molecule has 13 heteroatoms. The van der Waals surface area contributed by atoms with Crippen LogP contribution >= 0.6 is 0 Å². The van der Waals surface area contributed by atoms with Gasteiger partial charge in [0.25, 0.3) is 0 Å². The number of aliphatic hydroxyl groups is 3. The number of hydrogen-bond acceptors (Lipinski definition) is 13. The Kier molecular flexibility index (Phi) is 13.9. The highest BCUT2D eigenvalue weighted by Crippen LogP contribution is 2.40. The Morgan fingerprint density at radius 2 is 1.76 bits per heavy atom. The quantitative estimate of drug-likeness (QED) is 0.356. The molecule has 2 fully saturated rings. The number of methoxy groups -OCH3 is 1. The number of hydrogen-bond donors (Lipinski definition) is 3. The molecular formula is C36H58N2O11. The van der Waals surface area contributed by atoms with Crippen molar-refractivity contribution in [2.45, 2.75) is 135 Å². The number of pyridine rings is 1. The Bertz CT molecular complexity index is 1260. The molecule has 3 N–H and O–H groups in total.